The minimum atomic E-state index is 0.593. The Morgan fingerprint density at radius 2 is 0.947 bits per heavy atom. The lowest BCUT2D eigenvalue weighted by molar-refractivity contribution is 0.668. The summed E-state index contributed by atoms with van der Waals surface area (Å²) in [6.07, 6.45) is 0. The van der Waals surface area contributed by atoms with Crippen molar-refractivity contribution in [2.75, 3.05) is 0 Å². The normalized spacial score (nSPS) is 11.9. The summed E-state index contributed by atoms with van der Waals surface area (Å²) in [7, 11) is 0. The molecule has 4 heterocycles. The fourth-order valence-corrected chi connectivity index (χ4v) is 9.44. The molecule has 0 radical (unpaired) electrons. The molecule has 5 nitrogen and oxygen atoms in total. The summed E-state index contributed by atoms with van der Waals surface area (Å²) in [4.78, 5) is 14.8. The van der Waals surface area contributed by atoms with Gasteiger partial charge in [-0.1, -0.05) is 121 Å². The largest absolute Gasteiger partial charge is 0.456 e. The van der Waals surface area contributed by atoms with Crippen molar-refractivity contribution in [2.45, 2.75) is 0 Å². The van der Waals surface area contributed by atoms with Gasteiger partial charge in [0.05, 0.1) is 0 Å². The molecule has 12 rings (SSSR count). The minimum Gasteiger partial charge on any atom is -0.456 e. The van der Waals surface area contributed by atoms with E-state index in [9.17, 15) is 0 Å². The molecule has 0 fully saturated rings. The highest BCUT2D eigenvalue weighted by Gasteiger charge is 2.20. The van der Waals surface area contributed by atoms with Gasteiger partial charge >= 0.3 is 0 Å². The summed E-state index contributed by atoms with van der Waals surface area (Å²) in [5.74, 6) is 1.84. The molecular formula is C51H29N3O2S. The van der Waals surface area contributed by atoms with E-state index < -0.39 is 0 Å². The van der Waals surface area contributed by atoms with Gasteiger partial charge in [0.25, 0.3) is 0 Å². The summed E-state index contributed by atoms with van der Waals surface area (Å²) in [5, 5.41) is 6.88. The van der Waals surface area contributed by atoms with Crippen LogP contribution in [-0.2, 0) is 0 Å². The number of nitrogens with zero attached hydrogens (tertiary/aromatic N) is 3. The van der Waals surface area contributed by atoms with Crippen LogP contribution in [0.3, 0.4) is 0 Å². The van der Waals surface area contributed by atoms with E-state index in [-0.39, 0.29) is 0 Å². The number of para-hydroxylation sites is 1. The van der Waals surface area contributed by atoms with Crippen molar-refractivity contribution in [3.8, 4) is 56.4 Å². The highest BCUT2D eigenvalue weighted by atomic mass is 32.1. The molecule has 6 heteroatoms. The van der Waals surface area contributed by atoms with E-state index >= 15 is 0 Å². The molecule has 0 saturated carbocycles. The first kappa shape index (κ1) is 31.9. The van der Waals surface area contributed by atoms with Crippen LogP contribution in [0.1, 0.15) is 0 Å². The van der Waals surface area contributed by atoms with Gasteiger partial charge in [-0.15, -0.1) is 11.3 Å². The molecule has 0 aliphatic rings. The Morgan fingerprint density at radius 1 is 0.316 bits per heavy atom. The molecular weight excluding hydrogens is 719 g/mol. The Balaban J connectivity index is 1.02. The standard InChI is InChI=1S/C51H29N3O2S/c1-3-12-30(13-4-1)49-52-50(31-14-5-2-6-15-31)54-51(53-49)33-22-24-35-39-26-32(23-25-42(39)56-44(35)28-33)34-27-40(48-38-17-8-10-21-45(38)57-46(48)29-34)36-18-11-20-43-47(36)37-16-7-9-19-41(37)55-43/h1-29H. The number of hydrogen-bond acceptors (Lipinski definition) is 6. The molecule has 0 spiro atoms. The summed E-state index contributed by atoms with van der Waals surface area (Å²) in [6, 6.07) is 61.0. The van der Waals surface area contributed by atoms with E-state index in [1.807, 2.05) is 90.2 Å². The number of thiophene rings is 1. The van der Waals surface area contributed by atoms with Gasteiger partial charge in [0.2, 0.25) is 0 Å². The monoisotopic (exact) mass is 747 g/mol. The molecule has 0 aliphatic carbocycles. The van der Waals surface area contributed by atoms with Crippen LogP contribution < -0.4 is 0 Å². The highest BCUT2D eigenvalue weighted by Crippen LogP contribution is 2.46. The fourth-order valence-electron chi connectivity index (χ4n) is 8.27. The van der Waals surface area contributed by atoms with E-state index in [2.05, 4.69) is 97.1 Å². The van der Waals surface area contributed by atoms with Crippen LogP contribution in [0.25, 0.3) is 120 Å². The number of furan rings is 2. The number of fused-ring (bicyclic) bond motifs is 9. The third-order valence-electron chi connectivity index (χ3n) is 10.9. The molecule has 0 N–H and O–H groups in total. The Labute approximate surface area is 330 Å². The zero-order valence-corrected chi connectivity index (χ0v) is 31.1. The number of benzene rings is 8. The van der Waals surface area contributed by atoms with Crippen LogP contribution >= 0.6 is 11.3 Å². The van der Waals surface area contributed by atoms with Gasteiger partial charge in [0, 0.05) is 58.4 Å². The Bertz CT molecular complexity index is 3470. The summed E-state index contributed by atoms with van der Waals surface area (Å²) < 4.78 is 15.4. The average molecular weight is 748 g/mol. The van der Waals surface area contributed by atoms with Gasteiger partial charge in [0.15, 0.2) is 17.5 Å². The topological polar surface area (TPSA) is 65.0 Å². The summed E-state index contributed by atoms with van der Waals surface area (Å²) in [6.45, 7) is 0. The van der Waals surface area contributed by atoms with Crippen LogP contribution in [-0.4, -0.2) is 15.0 Å². The molecule has 4 aromatic heterocycles. The Kier molecular flexibility index (Phi) is 7.03. The van der Waals surface area contributed by atoms with Crippen LogP contribution in [0.2, 0.25) is 0 Å². The SMILES string of the molecule is c1ccc(-c2nc(-c3ccccc3)nc(-c3ccc4c(c3)oc3ccc(-c5cc(-c6cccc7oc8ccccc8c67)c6c(c5)sc5ccccc56)cc34)n2)cc1. The molecule has 57 heavy (non-hydrogen) atoms. The molecule has 8 aromatic carbocycles. The van der Waals surface area contributed by atoms with Crippen molar-refractivity contribution >= 4 is 75.4 Å². The second kappa shape index (κ2) is 12.6. The van der Waals surface area contributed by atoms with Crippen LogP contribution in [0.4, 0.5) is 0 Å². The van der Waals surface area contributed by atoms with Crippen LogP contribution in [0.15, 0.2) is 185 Å². The molecule has 12 aromatic rings. The van der Waals surface area contributed by atoms with Gasteiger partial charge in [0.1, 0.15) is 22.3 Å². The van der Waals surface area contributed by atoms with E-state index in [4.69, 9.17) is 23.8 Å². The minimum absolute atomic E-state index is 0.593. The Morgan fingerprint density at radius 3 is 1.74 bits per heavy atom. The van der Waals surface area contributed by atoms with E-state index in [0.29, 0.717) is 17.5 Å². The first-order valence-corrected chi connectivity index (χ1v) is 19.7. The molecule has 0 atom stereocenters. The van der Waals surface area contributed by atoms with Gasteiger partial charge < -0.3 is 8.83 Å². The quantitative estimate of drug-likeness (QED) is 0.175. The third-order valence-corrected chi connectivity index (χ3v) is 12.1. The van der Waals surface area contributed by atoms with Crippen LogP contribution in [0.5, 0.6) is 0 Å². The predicted octanol–water partition coefficient (Wildman–Crippen LogP) is 14.4. The molecule has 0 unspecified atom stereocenters. The second-order valence-corrected chi connectivity index (χ2v) is 15.4. The Hall–Kier alpha value is -7.41. The summed E-state index contributed by atoms with van der Waals surface area (Å²) >= 11 is 1.84. The zero-order chi connectivity index (χ0) is 37.5. The smallest absolute Gasteiger partial charge is 0.164 e. The fraction of sp³-hybridized carbons (Fsp3) is 0. The lowest BCUT2D eigenvalue weighted by Crippen LogP contribution is -2.00. The molecule has 0 amide bonds. The maximum absolute atomic E-state index is 6.54. The predicted molar refractivity (Wildman–Crippen MR) is 234 cm³/mol. The van der Waals surface area contributed by atoms with Gasteiger partial charge in [-0.05, 0) is 76.9 Å². The van der Waals surface area contributed by atoms with Crippen molar-refractivity contribution in [1.29, 1.82) is 0 Å². The zero-order valence-electron chi connectivity index (χ0n) is 30.3. The maximum atomic E-state index is 6.54. The van der Waals surface area contributed by atoms with Crippen molar-refractivity contribution < 1.29 is 8.83 Å². The van der Waals surface area contributed by atoms with E-state index in [0.717, 1.165) is 71.7 Å². The molecule has 0 saturated heterocycles. The molecule has 0 bridgehead atoms. The van der Waals surface area contributed by atoms with Gasteiger partial charge in [-0.2, -0.15) is 0 Å². The first-order valence-electron chi connectivity index (χ1n) is 18.9. The van der Waals surface area contributed by atoms with Crippen molar-refractivity contribution in [1.82, 2.24) is 15.0 Å². The lowest BCUT2D eigenvalue weighted by Gasteiger charge is -2.11. The second-order valence-electron chi connectivity index (χ2n) is 14.3. The third kappa shape index (κ3) is 5.19. The van der Waals surface area contributed by atoms with Crippen LogP contribution in [0, 0.1) is 0 Å². The average Bonchev–Trinajstić information content (AvgIpc) is 3.97. The molecule has 266 valence electrons. The van der Waals surface area contributed by atoms with Gasteiger partial charge in [-0.3, -0.25) is 0 Å². The van der Waals surface area contributed by atoms with E-state index in [1.165, 1.54) is 31.3 Å². The maximum Gasteiger partial charge on any atom is 0.164 e. The van der Waals surface area contributed by atoms with Crippen molar-refractivity contribution in [2.24, 2.45) is 0 Å². The highest BCUT2D eigenvalue weighted by molar-refractivity contribution is 7.26. The number of aromatic nitrogens is 3. The first-order chi connectivity index (χ1) is 28.2. The van der Waals surface area contributed by atoms with Gasteiger partial charge in [-0.25, -0.2) is 15.0 Å². The number of hydrogen-bond donors (Lipinski definition) is 0. The molecule has 0 aliphatic heterocycles. The van der Waals surface area contributed by atoms with Crippen molar-refractivity contribution in [3.63, 3.8) is 0 Å². The number of rotatable bonds is 5. The van der Waals surface area contributed by atoms with E-state index in [1.54, 1.807) is 0 Å². The summed E-state index contributed by atoms with van der Waals surface area (Å²) in [5.41, 5.74) is 10.8. The lowest BCUT2D eigenvalue weighted by atomic mass is 9.92. The van der Waals surface area contributed by atoms with Crippen molar-refractivity contribution in [3.05, 3.63) is 176 Å².